The van der Waals surface area contributed by atoms with Crippen LogP contribution in [-0.4, -0.2) is 29.5 Å². The lowest BCUT2D eigenvalue weighted by molar-refractivity contribution is 0.192. The summed E-state index contributed by atoms with van der Waals surface area (Å²) in [6.45, 7) is 5.30. The van der Waals surface area contributed by atoms with Crippen LogP contribution in [0.25, 0.3) is 0 Å². The summed E-state index contributed by atoms with van der Waals surface area (Å²) in [7, 11) is 0. The van der Waals surface area contributed by atoms with Gasteiger partial charge < -0.3 is 10.4 Å². The van der Waals surface area contributed by atoms with Crippen molar-refractivity contribution >= 4 is 27.7 Å². The molecule has 0 spiro atoms. The van der Waals surface area contributed by atoms with Crippen molar-refractivity contribution in [1.29, 1.82) is 0 Å². The Morgan fingerprint density at radius 3 is 2.82 bits per heavy atom. The molecule has 0 aliphatic heterocycles. The van der Waals surface area contributed by atoms with Gasteiger partial charge in [0, 0.05) is 20.7 Å². The molecule has 0 amide bonds. The molecule has 0 aromatic heterocycles. The average Bonchev–Trinajstić information content (AvgIpc) is 2.34. The smallest absolute Gasteiger partial charge is 0.0618 e. The zero-order valence-corrected chi connectivity index (χ0v) is 12.8. The summed E-state index contributed by atoms with van der Waals surface area (Å²) in [4.78, 5) is 1.22. The number of halogens is 1. The molecule has 0 aliphatic carbocycles. The first-order valence-electron chi connectivity index (χ1n) is 5.84. The van der Waals surface area contributed by atoms with E-state index in [0.717, 1.165) is 23.2 Å². The average molecular weight is 318 g/mol. The van der Waals surface area contributed by atoms with Crippen molar-refractivity contribution < 1.29 is 5.11 Å². The zero-order chi connectivity index (χ0) is 12.7. The van der Waals surface area contributed by atoms with E-state index in [1.54, 1.807) is 11.8 Å². The minimum atomic E-state index is -0.205. The number of rotatable bonds is 7. The lowest BCUT2D eigenvalue weighted by Gasteiger charge is -2.28. The molecule has 2 nitrogen and oxygen atoms in total. The number of aliphatic hydroxyl groups is 1. The number of benzene rings is 1. The Bertz CT molecular complexity index is 348. The van der Waals surface area contributed by atoms with Crippen molar-refractivity contribution in [2.75, 3.05) is 18.9 Å². The van der Waals surface area contributed by atoms with Gasteiger partial charge in [0.15, 0.2) is 0 Å². The molecule has 0 radical (unpaired) electrons. The summed E-state index contributed by atoms with van der Waals surface area (Å²) in [5.74, 6) is 0.861. The van der Waals surface area contributed by atoms with E-state index >= 15 is 0 Å². The molecular formula is C13H20BrNOS. The predicted molar refractivity (Wildman–Crippen MR) is 78.7 cm³/mol. The van der Waals surface area contributed by atoms with E-state index in [4.69, 9.17) is 0 Å². The maximum Gasteiger partial charge on any atom is 0.0618 e. The molecule has 1 atom stereocenters. The Labute approximate surface area is 116 Å². The van der Waals surface area contributed by atoms with E-state index in [9.17, 15) is 5.11 Å². The first kappa shape index (κ1) is 15.0. The van der Waals surface area contributed by atoms with E-state index in [-0.39, 0.29) is 12.1 Å². The maximum atomic E-state index is 9.46. The van der Waals surface area contributed by atoms with Crippen molar-refractivity contribution in [1.82, 2.24) is 5.32 Å². The van der Waals surface area contributed by atoms with Gasteiger partial charge in [-0.05, 0) is 38.1 Å². The molecule has 4 heteroatoms. The second kappa shape index (κ2) is 7.41. The fourth-order valence-electron chi connectivity index (χ4n) is 1.38. The highest BCUT2D eigenvalue weighted by atomic mass is 79.9. The van der Waals surface area contributed by atoms with Crippen LogP contribution in [0.3, 0.4) is 0 Å². The number of hydrogen-bond donors (Lipinski definition) is 2. The van der Waals surface area contributed by atoms with Crippen molar-refractivity contribution in [3.8, 4) is 0 Å². The molecule has 0 heterocycles. The highest BCUT2D eigenvalue weighted by Crippen LogP contribution is 2.25. The third kappa shape index (κ3) is 5.42. The van der Waals surface area contributed by atoms with Gasteiger partial charge in [0.05, 0.1) is 6.61 Å². The Morgan fingerprint density at radius 1 is 1.47 bits per heavy atom. The van der Waals surface area contributed by atoms with Crippen LogP contribution in [0, 0.1) is 0 Å². The third-order valence-corrected chi connectivity index (χ3v) is 4.37. The number of thioether (sulfide) groups is 1. The largest absolute Gasteiger partial charge is 0.394 e. The van der Waals surface area contributed by atoms with Gasteiger partial charge >= 0.3 is 0 Å². The second-order valence-electron chi connectivity index (χ2n) is 4.39. The van der Waals surface area contributed by atoms with E-state index in [1.807, 2.05) is 12.1 Å². The highest BCUT2D eigenvalue weighted by molar-refractivity contribution is 9.10. The van der Waals surface area contributed by atoms with Gasteiger partial charge in [-0.15, -0.1) is 11.8 Å². The summed E-state index contributed by atoms with van der Waals surface area (Å²) in [5, 5.41) is 12.9. The fraction of sp³-hybridized carbons (Fsp3) is 0.538. The summed E-state index contributed by atoms with van der Waals surface area (Å²) in [6, 6.07) is 8.24. The monoisotopic (exact) mass is 317 g/mol. The highest BCUT2D eigenvalue weighted by Gasteiger charge is 2.22. The normalized spacial score (nSPS) is 14.6. The zero-order valence-electron chi connectivity index (χ0n) is 10.4. The molecule has 2 N–H and O–H groups in total. The molecule has 17 heavy (non-hydrogen) atoms. The Kier molecular flexibility index (Phi) is 6.55. The van der Waals surface area contributed by atoms with Crippen LogP contribution in [0.2, 0.25) is 0 Å². The molecule has 0 fully saturated rings. The Hall–Kier alpha value is -0.0300. The van der Waals surface area contributed by atoms with Crippen LogP contribution < -0.4 is 5.32 Å². The number of hydrogen-bond acceptors (Lipinski definition) is 3. The topological polar surface area (TPSA) is 32.3 Å². The lowest BCUT2D eigenvalue weighted by atomic mass is 10.1. The predicted octanol–water partition coefficient (Wildman–Crippen LogP) is 3.29. The standard InChI is InChI=1S/C13H20BrNOS/c1-3-7-15-13(2,9-16)10-17-12-6-4-5-11(14)8-12/h4-6,8,15-16H,3,7,9-10H2,1-2H3. The van der Waals surface area contributed by atoms with Gasteiger partial charge in [-0.3, -0.25) is 0 Å². The lowest BCUT2D eigenvalue weighted by Crippen LogP contribution is -2.48. The van der Waals surface area contributed by atoms with Crippen LogP contribution in [0.5, 0.6) is 0 Å². The van der Waals surface area contributed by atoms with Crippen LogP contribution in [-0.2, 0) is 0 Å². The molecule has 1 aromatic carbocycles. The van der Waals surface area contributed by atoms with Crippen LogP contribution in [0.1, 0.15) is 20.3 Å². The SMILES string of the molecule is CCCNC(C)(CO)CSc1cccc(Br)c1. The van der Waals surface area contributed by atoms with Crippen molar-refractivity contribution in [3.63, 3.8) is 0 Å². The first-order valence-corrected chi connectivity index (χ1v) is 7.62. The molecule has 0 saturated heterocycles. The Balaban J connectivity index is 2.52. The summed E-state index contributed by atoms with van der Waals surface area (Å²) >= 11 is 5.23. The summed E-state index contributed by atoms with van der Waals surface area (Å²) in [5.41, 5.74) is -0.205. The quantitative estimate of drug-likeness (QED) is 0.757. The molecular weight excluding hydrogens is 298 g/mol. The fourth-order valence-corrected chi connectivity index (χ4v) is 2.99. The Morgan fingerprint density at radius 2 is 2.24 bits per heavy atom. The van der Waals surface area contributed by atoms with Gasteiger partial charge in [0.25, 0.3) is 0 Å². The molecule has 1 rings (SSSR count). The van der Waals surface area contributed by atoms with Gasteiger partial charge in [-0.1, -0.05) is 28.9 Å². The summed E-state index contributed by atoms with van der Waals surface area (Å²) < 4.78 is 1.09. The van der Waals surface area contributed by atoms with E-state index in [2.05, 4.69) is 47.2 Å². The van der Waals surface area contributed by atoms with Gasteiger partial charge in [0.1, 0.15) is 0 Å². The molecule has 0 saturated carbocycles. The van der Waals surface area contributed by atoms with E-state index < -0.39 is 0 Å². The molecule has 1 unspecified atom stereocenters. The van der Waals surface area contributed by atoms with Crippen molar-refractivity contribution in [3.05, 3.63) is 28.7 Å². The van der Waals surface area contributed by atoms with Crippen LogP contribution in [0.15, 0.2) is 33.6 Å². The minimum Gasteiger partial charge on any atom is -0.394 e. The van der Waals surface area contributed by atoms with Gasteiger partial charge in [-0.25, -0.2) is 0 Å². The molecule has 1 aromatic rings. The number of aliphatic hydroxyl groups excluding tert-OH is 1. The molecule has 0 bridgehead atoms. The molecule has 0 aliphatic rings. The van der Waals surface area contributed by atoms with E-state index in [1.165, 1.54) is 4.90 Å². The third-order valence-electron chi connectivity index (χ3n) is 2.50. The first-order chi connectivity index (χ1) is 8.09. The van der Waals surface area contributed by atoms with Crippen molar-refractivity contribution in [2.24, 2.45) is 0 Å². The van der Waals surface area contributed by atoms with Gasteiger partial charge in [0.2, 0.25) is 0 Å². The number of nitrogens with one attached hydrogen (secondary N) is 1. The van der Waals surface area contributed by atoms with E-state index in [0.29, 0.717) is 0 Å². The van der Waals surface area contributed by atoms with Gasteiger partial charge in [-0.2, -0.15) is 0 Å². The minimum absolute atomic E-state index is 0.161. The van der Waals surface area contributed by atoms with Crippen molar-refractivity contribution in [2.45, 2.75) is 30.7 Å². The maximum absolute atomic E-state index is 9.46. The second-order valence-corrected chi connectivity index (χ2v) is 6.36. The molecule has 96 valence electrons. The van der Waals surface area contributed by atoms with Crippen LogP contribution in [0.4, 0.5) is 0 Å². The van der Waals surface area contributed by atoms with Crippen LogP contribution >= 0.6 is 27.7 Å². The summed E-state index contributed by atoms with van der Waals surface area (Å²) in [6.07, 6.45) is 1.08.